The van der Waals surface area contributed by atoms with Gasteiger partial charge in [0.15, 0.2) is 5.69 Å². The molecule has 2 rings (SSSR count). The molecule has 0 unspecified atom stereocenters. The molecule has 1 heterocycles. The third-order valence-corrected chi connectivity index (χ3v) is 2.83. The van der Waals surface area contributed by atoms with Gasteiger partial charge >= 0.3 is 0 Å². The van der Waals surface area contributed by atoms with E-state index in [4.69, 9.17) is 23.2 Å². The van der Waals surface area contributed by atoms with Gasteiger partial charge in [-0.25, -0.2) is 4.98 Å². The molecule has 1 amide bonds. The molecule has 1 aromatic carbocycles. The number of anilines is 1. The van der Waals surface area contributed by atoms with Crippen molar-refractivity contribution in [1.29, 1.82) is 0 Å². The molecule has 0 atom stereocenters. The summed E-state index contributed by atoms with van der Waals surface area (Å²) in [6, 6.07) is 7.76. The second-order valence-corrected chi connectivity index (χ2v) is 4.24. The maximum atomic E-state index is 11.9. The van der Waals surface area contributed by atoms with Crippen molar-refractivity contribution in [3.63, 3.8) is 0 Å². The number of hydrogen-bond donors (Lipinski definition) is 2. The molecule has 4 nitrogen and oxygen atoms in total. The third-order valence-electron chi connectivity index (χ3n) is 2.20. The van der Waals surface area contributed by atoms with Crippen molar-refractivity contribution in [1.82, 2.24) is 4.98 Å². The summed E-state index contributed by atoms with van der Waals surface area (Å²) in [4.78, 5) is 15.7. The summed E-state index contributed by atoms with van der Waals surface area (Å²) < 4.78 is 0. The van der Waals surface area contributed by atoms with Gasteiger partial charge < -0.3 is 10.4 Å². The summed E-state index contributed by atoms with van der Waals surface area (Å²) in [6.07, 6.45) is 1.41. The summed E-state index contributed by atoms with van der Waals surface area (Å²) in [5.74, 6) is -0.790. The van der Waals surface area contributed by atoms with Crippen LogP contribution < -0.4 is 5.32 Å². The van der Waals surface area contributed by atoms with E-state index in [1.54, 1.807) is 18.2 Å². The lowest BCUT2D eigenvalue weighted by molar-refractivity contribution is 0.101. The molecule has 0 saturated carbocycles. The number of rotatable bonds is 2. The largest absolute Gasteiger partial charge is 0.505 e. The number of halogens is 2. The first-order chi connectivity index (χ1) is 8.59. The van der Waals surface area contributed by atoms with E-state index < -0.39 is 5.91 Å². The van der Waals surface area contributed by atoms with Crippen LogP contribution >= 0.6 is 23.2 Å². The molecule has 0 radical (unpaired) electrons. The fourth-order valence-corrected chi connectivity index (χ4v) is 1.85. The van der Waals surface area contributed by atoms with Crippen LogP contribution in [0.15, 0.2) is 36.5 Å². The lowest BCUT2D eigenvalue weighted by Gasteiger charge is -2.09. The Balaban J connectivity index is 2.30. The molecule has 0 bridgehead atoms. The van der Waals surface area contributed by atoms with Gasteiger partial charge in [-0.15, -0.1) is 0 Å². The highest BCUT2D eigenvalue weighted by molar-refractivity contribution is 6.40. The summed E-state index contributed by atoms with van der Waals surface area (Å²) in [5.41, 5.74) is 0.198. The van der Waals surface area contributed by atoms with Gasteiger partial charge in [0.2, 0.25) is 0 Å². The second kappa shape index (κ2) is 5.25. The van der Waals surface area contributed by atoms with Gasteiger partial charge in [-0.05, 0) is 24.3 Å². The Morgan fingerprint density at radius 1 is 1.17 bits per heavy atom. The number of aromatic hydroxyl groups is 1. The van der Waals surface area contributed by atoms with E-state index in [1.165, 1.54) is 18.3 Å². The quantitative estimate of drug-likeness (QED) is 0.888. The molecule has 0 aliphatic carbocycles. The maximum Gasteiger partial charge on any atom is 0.278 e. The number of para-hydroxylation sites is 1. The second-order valence-electron chi connectivity index (χ2n) is 3.42. The van der Waals surface area contributed by atoms with E-state index in [2.05, 4.69) is 10.3 Å². The predicted molar refractivity (Wildman–Crippen MR) is 70.3 cm³/mol. The molecule has 0 aliphatic rings. The minimum absolute atomic E-state index is 0.0894. The van der Waals surface area contributed by atoms with Crippen molar-refractivity contribution < 1.29 is 9.90 Å². The number of amides is 1. The van der Waals surface area contributed by atoms with Crippen molar-refractivity contribution >= 4 is 34.8 Å². The van der Waals surface area contributed by atoms with Crippen molar-refractivity contribution in [2.45, 2.75) is 0 Å². The Morgan fingerprint density at radius 3 is 2.44 bits per heavy atom. The van der Waals surface area contributed by atoms with Crippen molar-refractivity contribution in [3.8, 4) is 5.75 Å². The van der Waals surface area contributed by atoms with E-state index >= 15 is 0 Å². The van der Waals surface area contributed by atoms with E-state index in [1.807, 2.05) is 0 Å². The topological polar surface area (TPSA) is 62.2 Å². The van der Waals surface area contributed by atoms with Crippen molar-refractivity contribution in [2.75, 3.05) is 5.32 Å². The van der Waals surface area contributed by atoms with Gasteiger partial charge in [-0.2, -0.15) is 0 Å². The summed E-state index contributed by atoms with van der Waals surface area (Å²) in [7, 11) is 0. The van der Waals surface area contributed by atoms with E-state index in [0.717, 1.165) is 0 Å². The smallest absolute Gasteiger partial charge is 0.278 e. The minimum Gasteiger partial charge on any atom is -0.505 e. The predicted octanol–water partition coefficient (Wildman–Crippen LogP) is 3.35. The Bertz CT molecular complexity index is 582. The first kappa shape index (κ1) is 12.7. The summed E-state index contributed by atoms with van der Waals surface area (Å²) in [5, 5.41) is 12.6. The first-order valence-electron chi connectivity index (χ1n) is 4.99. The number of carbonyl (C=O) groups is 1. The number of pyridine rings is 1. The highest BCUT2D eigenvalue weighted by Crippen LogP contribution is 2.30. The van der Waals surface area contributed by atoms with Crippen LogP contribution in [0.2, 0.25) is 10.0 Å². The first-order valence-corrected chi connectivity index (χ1v) is 5.74. The average molecular weight is 283 g/mol. The molecular weight excluding hydrogens is 275 g/mol. The van der Waals surface area contributed by atoms with Gasteiger partial charge in [0.25, 0.3) is 5.91 Å². The Hall–Kier alpha value is -1.78. The Morgan fingerprint density at radius 2 is 1.83 bits per heavy atom. The Labute approximate surface area is 113 Å². The zero-order valence-electron chi connectivity index (χ0n) is 9.02. The average Bonchev–Trinajstić information content (AvgIpc) is 2.34. The van der Waals surface area contributed by atoms with E-state index in [9.17, 15) is 9.90 Å². The highest BCUT2D eigenvalue weighted by atomic mass is 35.5. The summed E-state index contributed by atoms with van der Waals surface area (Å²) in [6.45, 7) is 0. The molecule has 92 valence electrons. The fourth-order valence-electron chi connectivity index (χ4n) is 1.36. The standard InChI is InChI=1S/C12H8Cl2N2O2/c13-7-3-1-4-8(14)10(7)16-12(18)11-9(17)5-2-6-15-11/h1-6,17H,(H,16,18). The Kier molecular flexibility index (Phi) is 3.69. The zero-order chi connectivity index (χ0) is 13.1. The maximum absolute atomic E-state index is 11.9. The molecule has 0 saturated heterocycles. The van der Waals surface area contributed by atoms with Crippen LogP contribution in [0.5, 0.6) is 5.75 Å². The number of aromatic nitrogens is 1. The molecule has 2 aromatic rings. The van der Waals surface area contributed by atoms with Gasteiger partial charge in [-0.1, -0.05) is 29.3 Å². The third kappa shape index (κ3) is 2.55. The molecule has 6 heteroatoms. The lowest BCUT2D eigenvalue weighted by Crippen LogP contribution is -2.14. The van der Waals surface area contributed by atoms with Crippen LogP contribution in [-0.4, -0.2) is 16.0 Å². The monoisotopic (exact) mass is 282 g/mol. The normalized spacial score (nSPS) is 10.1. The van der Waals surface area contributed by atoms with Crippen molar-refractivity contribution in [2.24, 2.45) is 0 Å². The fraction of sp³-hybridized carbons (Fsp3) is 0. The number of nitrogens with zero attached hydrogens (tertiary/aromatic N) is 1. The van der Waals surface area contributed by atoms with Crippen LogP contribution in [-0.2, 0) is 0 Å². The van der Waals surface area contributed by atoms with Gasteiger partial charge in [0.1, 0.15) is 5.75 Å². The van der Waals surface area contributed by atoms with Gasteiger partial charge in [-0.3, -0.25) is 4.79 Å². The molecule has 0 aliphatic heterocycles. The summed E-state index contributed by atoms with van der Waals surface area (Å²) >= 11 is 11.8. The minimum atomic E-state index is -0.580. The molecule has 0 spiro atoms. The highest BCUT2D eigenvalue weighted by Gasteiger charge is 2.15. The molecule has 0 fully saturated rings. The molecular formula is C12H8Cl2N2O2. The zero-order valence-corrected chi connectivity index (χ0v) is 10.5. The lowest BCUT2D eigenvalue weighted by atomic mass is 10.2. The van der Waals surface area contributed by atoms with E-state index in [-0.39, 0.29) is 17.1 Å². The number of benzene rings is 1. The van der Waals surface area contributed by atoms with Gasteiger partial charge in [0.05, 0.1) is 15.7 Å². The van der Waals surface area contributed by atoms with Crippen LogP contribution in [0.3, 0.4) is 0 Å². The number of carbonyl (C=O) groups excluding carboxylic acids is 1. The van der Waals surface area contributed by atoms with Crippen molar-refractivity contribution in [3.05, 3.63) is 52.3 Å². The SMILES string of the molecule is O=C(Nc1c(Cl)cccc1Cl)c1ncccc1O. The molecule has 2 N–H and O–H groups in total. The van der Waals surface area contributed by atoms with Crippen LogP contribution in [0.4, 0.5) is 5.69 Å². The molecule has 18 heavy (non-hydrogen) atoms. The van der Waals surface area contributed by atoms with Gasteiger partial charge in [0, 0.05) is 6.20 Å². The van der Waals surface area contributed by atoms with Crippen LogP contribution in [0.1, 0.15) is 10.5 Å². The van der Waals surface area contributed by atoms with Crippen LogP contribution in [0.25, 0.3) is 0 Å². The number of nitrogens with one attached hydrogen (secondary N) is 1. The molecule has 1 aromatic heterocycles. The van der Waals surface area contributed by atoms with Crippen LogP contribution in [0, 0.1) is 0 Å². The number of hydrogen-bond acceptors (Lipinski definition) is 3. The van der Waals surface area contributed by atoms with E-state index in [0.29, 0.717) is 10.0 Å².